The molecule has 1 amide bonds. The number of fused-ring (bicyclic) bond motifs is 1. The molecule has 26 heavy (non-hydrogen) atoms. The van der Waals surface area contributed by atoms with E-state index in [-0.39, 0.29) is 18.0 Å². The van der Waals surface area contributed by atoms with Gasteiger partial charge in [0.25, 0.3) is 0 Å². The second kappa shape index (κ2) is 9.47. The zero-order chi connectivity index (χ0) is 19.0. The molecular weight excluding hydrogens is 336 g/mol. The van der Waals surface area contributed by atoms with Crippen molar-refractivity contribution in [3.8, 4) is 5.88 Å². The van der Waals surface area contributed by atoms with Crippen LogP contribution in [0.4, 0.5) is 4.79 Å². The van der Waals surface area contributed by atoms with E-state index in [1.54, 1.807) is 6.20 Å². The largest absolute Gasteiger partial charge is 0.477 e. The average molecular weight is 364 g/mol. The number of hydrogen-bond acceptors (Lipinski definition) is 7. The van der Waals surface area contributed by atoms with Crippen molar-refractivity contribution in [1.29, 1.82) is 0 Å². The Hall–Kier alpha value is -2.22. The maximum absolute atomic E-state index is 11.4. The second-order valence-electron chi connectivity index (χ2n) is 7.30. The molecule has 144 valence electrons. The van der Waals surface area contributed by atoms with Gasteiger partial charge >= 0.3 is 6.09 Å². The van der Waals surface area contributed by atoms with E-state index < -0.39 is 5.60 Å². The molecule has 0 bridgehead atoms. The molecule has 1 aromatic heterocycles. The molecule has 2 aliphatic rings. The molecule has 2 N–H and O–H groups in total. The maximum atomic E-state index is 11.4. The summed E-state index contributed by atoms with van der Waals surface area (Å²) in [5.41, 5.74) is 0.587. The maximum Gasteiger partial charge on any atom is 0.407 e. The Labute approximate surface area is 154 Å². The fourth-order valence-electron chi connectivity index (χ4n) is 2.63. The van der Waals surface area contributed by atoms with Crippen molar-refractivity contribution in [1.82, 2.24) is 20.6 Å². The van der Waals surface area contributed by atoms with Gasteiger partial charge in [-0.3, -0.25) is 4.79 Å². The van der Waals surface area contributed by atoms with Crippen LogP contribution in [0, 0.1) is 0 Å². The first-order valence-corrected chi connectivity index (χ1v) is 9.01. The standard InChI is InChI=1S/C10H20N2O2.C8H8N2O2/c1-10(2,3)14-9(13)12-8-4-6-11-7-5-8;11-5-7-9-4-6-2-1-3-12-8(6)10-7/h8,11H,4-7H2,1-3H3,(H,12,13);4-5H,1-3H2. The molecule has 2 aliphatic heterocycles. The van der Waals surface area contributed by atoms with E-state index in [9.17, 15) is 9.59 Å². The molecule has 8 nitrogen and oxygen atoms in total. The minimum atomic E-state index is -0.406. The van der Waals surface area contributed by atoms with Gasteiger partial charge in [-0.15, -0.1) is 0 Å². The van der Waals surface area contributed by atoms with Crippen LogP contribution in [-0.4, -0.2) is 53.7 Å². The molecule has 0 aliphatic carbocycles. The van der Waals surface area contributed by atoms with Crippen molar-refractivity contribution < 1.29 is 19.1 Å². The summed E-state index contributed by atoms with van der Waals surface area (Å²) in [5, 5.41) is 6.12. The van der Waals surface area contributed by atoms with Gasteiger partial charge < -0.3 is 20.1 Å². The molecule has 0 aromatic carbocycles. The van der Waals surface area contributed by atoms with Crippen LogP contribution < -0.4 is 15.4 Å². The Morgan fingerprint density at radius 1 is 1.38 bits per heavy atom. The van der Waals surface area contributed by atoms with E-state index >= 15 is 0 Å². The van der Waals surface area contributed by atoms with Crippen molar-refractivity contribution in [2.45, 2.75) is 58.1 Å². The van der Waals surface area contributed by atoms with E-state index in [2.05, 4.69) is 20.6 Å². The van der Waals surface area contributed by atoms with Crippen LogP contribution in [0.5, 0.6) is 5.88 Å². The van der Waals surface area contributed by atoms with Crippen LogP contribution in [-0.2, 0) is 11.2 Å². The van der Waals surface area contributed by atoms with Gasteiger partial charge in [0.05, 0.1) is 6.61 Å². The lowest BCUT2D eigenvalue weighted by atomic mass is 10.1. The number of nitrogens with one attached hydrogen (secondary N) is 2. The molecule has 0 spiro atoms. The Balaban J connectivity index is 0.000000189. The summed E-state index contributed by atoms with van der Waals surface area (Å²) in [6.07, 6.45) is 5.89. The summed E-state index contributed by atoms with van der Waals surface area (Å²) >= 11 is 0. The highest BCUT2D eigenvalue weighted by Crippen LogP contribution is 2.20. The molecule has 1 fully saturated rings. The summed E-state index contributed by atoms with van der Waals surface area (Å²) in [5.74, 6) is 0.758. The van der Waals surface area contributed by atoms with Gasteiger partial charge in [-0.05, 0) is 59.5 Å². The first-order chi connectivity index (χ1) is 12.4. The zero-order valence-corrected chi connectivity index (χ0v) is 15.7. The van der Waals surface area contributed by atoms with Crippen LogP contribution in [0.1, 0.15) is 56.2 Å². The fourth-order valence-corrected chi connectivity index (χ4v) is 2.63. The second-order valence-corrected chi connectivity index (χ2v) is 7.30. The van der Waals surface area contributed by atoms with E-state index in [4.69, 9.17) is 9.47 Å². The molecule has 0 radical (unpaired) electrons. The normalized spacial score (nSPS) is 17.0. The minimum absolute atomic E-state index is 0.190. The van der Waals surface area contributed by atoms with Gasteiger partial charge in [0.15, 0.2) is 12.1 Å². The number of carbonyl (C=O) groups is 2. The van der Waals surface area contributed by atoms with E-state index in [1.165, 1.54) is 0 Å². The minimum Gasteiger partial charge on any atom is -0.477 e. The number of ether oxygens (including phenoxy) is 2. The van der Waals surface area contributed by atoms with Crippen molar-refractivity contribution >= 4 is 12.4 Å². The van der Waals surface area contributed by atoms with Crippen molar-refractivity contribution in [3.05, 3.63) is 17.6 Å². The molecule has 8 heteroatoms. The molecule has 1 aromatic rings. The first kappa shape index (κ1) is 20.1. The van der Waals surface area contributed by atoms with Crippen LogP contribution >= 0.6 is 0 Å². The number of alkyl carbamates (subject to hydrolysis) is 1. The molecule has 0 unspecified atom stereocenters. The number of rotatable bonds is 2. The number of piperidine rings is 1. The van der Waals surface area contributed by atoms with E-state index in [1.807, 2.05) is 20.8 Å². The number of aromatic nitrogens is 2. The zero-order valence-electron chi connectivity index (χ0n) is 15.7. The molecule has 1 saturated heterocycles. The summed E-state index contributed by atoms with van der Waals surface area (Å²) in [6.45, 7) is 8.24. The molecular formula is C18H28N4O4. The van der Waals surface area contributed by atoms with Crippen molar-refractivity contribution in [2.24, 2.45) is 0 Å². The number of hydrogen-bond donors (Lipinski definition) is 2. The first-order valence-electron chi connectivity index (χ1n) is 9.01. The number of nitrogens with zero attached hydrogens (tertiary/aromatic N) is 2. The fraction of sp³-hybridized carbons (Fsp3) is 0.667. The lowest BCUT2D eigenvalue weighted by Gasteiger charge is -2.26. The topological polar surface area (TPSA) is 102 Å². The highest BCUT2D eigenvalue weighted by atomic mass is 16.6. The van der Waals surface area contributed by atoms with Crippen molar-refractivity contribution in [3.63, 3.8) is 0 Å². The number of amides is 1. The molecule has 3 heterocycles. The van der Waals surface area contributed by atoms with E-state index in [0.29, 0.717) is 18.8 Å². The highest BCUT2D eigenvalue weighted by Gasteiger charge is 2.20. The average Bonchev–Trinajstić information content (AvgIpc) is 2.61. The SMILES string of the molecule is CC(C)(C)OC(=O)NC1CCNCC1.O=Cc1ncc2c(n1)OCCC2. The van der Waals surface area contributed by atoms with Crippen molar-refractivity contribution in [2.75, 3.05) is 19.7 Å². The Kier molecular flexibility index (Phi) is 7.32. The number of aryl methyl sites for hydroxylation is 1. The smallest absolute Gasteiger partial charge is 0.407 e. The van der Waals surface area contributed by atoms with Crippen LogP contribution in [0.25, 0.3) is 0 Å². The van der Waals surface area contributed by atoms with Gasteiger partial charge in [0, 0.05) is 17.8 Å². The van der Waals surface area contributed by atoms with Crippen LogP contribution in [0.3, 0.4) is 0 Å². The van der Waals surface area contributed by atoms with Gasteiger partial charge in [-0.25, -0.2) is 9.78 Å². The lowest BCUT2D eigenvalue weighted by Crippen LogP contribution is -2.44. The third-order valence-corrected chi connectivity index (χ3v) is 3.84. The quantitative estimate of drug-likeness (QED) is 0.772. The third-order valence-electron chi connectivity index (χ3n) is 3.84. The van der Waals surface area contributed by atoms with Gasteiger partial charge in [-0.1, -0.05) is 0 Å². The van der Waals surface area contributed by atoms with Gasteiger partial charge in [0.1, 0.15) is 5.60 Å². The number of carbonyl (C=O) groups excluding carboxylic acids is 2. The Morgan fingerprint density at radius 3 is 2.77 bits per heavy atom. The Morgan fingerprint density at radius 2 is 2.12 bits per heavy atom. The monoisotopic (exact) mass is 364 g/mol. The Bertz CT molecular complexity index is 610. The summed E-state index contributed by atoms with van der Waals surface area (Å²) in [6, 6.07) is 0.270. The lowest BCUT2D eigenvalue weighted by molar-refractivity contribution is 0.0495. The predicted molar refractivity (Wildman–Crippen MR) is 96.5 cm³/mol. The van der Waals surface area contributed by atoms with Crippen LogP contribution in [0.2, 0.25) is 0 Å². The number of aldehydes is 1. The summed E-state index contributed by atoms with van der Waals surface area (Å²) in [7, 11) is 0. The summed E-state index contributed by atoms with van der Waals surface area (Å²) < 4.78 is 10.4. The van der Waals surface area contributed by atoms with Gasteiger partial charge in [0.2, 0.25) is 5.88 Å². The van der Waals surface area contributed by atoms with Gasteiger partial charge in [-0.2, -0.15) is 4.98 Å². The van der Waals surface area contributed by atoms with Crippen LogP contribution in [0.15, 0.2) is 6.20 Å². The third kappa shape index (κ3) is 6.95. The highest BCUT2D eigenvalue weighted by molar-refractivity contribution is 5.69. The van der Waals surface area contributed by atoms with E-state index in [0.717, 1.165) is 44.3 Å². The molecule has 0 saturated carbocycles. The summed E-state index contributed by atoms with van der Waals surface area (Å²) in [4.78, 5) is 29.5. The molecule has 3 rings (SSSR count). The molecule has 0 atom stereocenters. The predicted octanol–water partition coefficient (Wildman–Crippen LogP) is 1.88.